The van der Waals surface area contributed by atoms with Crippen LogP contribution >= 0.6 is 23.2 Å². The Bertz CT molecular complexity index is 706. The molecule has 0 fully saturated rings. The Kier molecular flexibility index (Phi) is 8.59. The molecule has 6 heteroatoms. The first-order valence-electron chi connectivity index (χ1n) is 7.76. The molecule has 0 spiro atoms. The van der Waals surface area contributed by atoms with Gasteiger partial charge in [0.1, 0.15) is 11.5 Å². The van der Waals surface area contributed by atoms with Gasteiger partial charge in [0.15, 0.2) is 11.5 Å². The fourth-order valence-electron chi connectivity index (χ4n) is 1.89. The number of aryl methyl sites for hydroxylation is 1. The van der Waals surface area contributed by atoms with Gasteiger partial charge in [-0.3, -0.25) is 4.79 Å². The third-order valence-electron chi connectivity index (χ3n) is 3.27. The number of Topliss-reactive ketones (excluding diaryl/α,β-unsaturated/α-hetero) is 1. The number of ether oxygens (including phenoxy) is 2. The largest absolute Gasteiger partial charge is 0.505 e. The highest BCUT2D eigenvalue weighted by Gasteiger charge is 2.08. The standard InChI is InChI=1S/C11H16O2.C8H6Cl2O2/c1-4-7-13-11-6-5-10(12-3)8-9(11)2;1-4(11)5-2-6(9)8(12)7(10)3-5/h5-6,8H,4,7H2,1-3H3;2-3,12H,1H3. The van der Waals surface area contributed by atoms with Crippen molar-refractivity contribution in [3.63, 3.8) is 0 Å². The number of carbonyl (C=O) groups is 1. The second-order valence-corrected chi connectivity index (χ2v) is 6.14. The fourth-order valence-corrected chi connectivity index (χ4v) is 2.38. The molecule has 0 atom stereocenters. The Morgan fingerprint density at radius 2 is 1.76 bits per heavy atom. The van der Waals surface area contributed by atoms with E-state index >= 15 is 0 Å². The first-order valence-corrected chi connectivity index (χ1v) is 8.52. The molecule has 25 heavy (non-hydrogen) atoms. The van der Waals surface area contributed by atoms with Crippen molar-refractivity contribution in [3.05, 3.63) is 51.5 Å². The summed E-state index contributed by atoms with van der Waals surface area (Å²) in [5.41, 5.74) is 1.51. The first kappa shape index (κ1) is 21.1. The maximum Gasteiger partial charge on any atom is 0.159 e. The minimum absolute atomic E-state index is 0.0905. The van der Waals surface area contributed by atoms with Crippen LogP contribution in [0, 0.1) is 6.92 Å². The van der Waals surface area contributed by atoms with Crippen LogP contribution in [-0.2, 0) is 0 Å². The van der Waals surface area contributed by atoms with E-state index in [1.54, 1.807) is 7.11 Å². The number of hydrogen-bond acceptors (Lipinski definition) is 4. The maximum atomic E-state index is 10.9. The number of phenolic OH excluding ortho intramolecular Hbond substituents is 1. The van der Waals surface area contributed by atoms with Gasteiger partial charge in [-0.25, -0.2) is 0 Å². The maximum absolute atomic E-state index is 10.9. The zero-order valence-electron chi connectivity index (χ0n) is 14.7. The van der Waals surface area contributed by atoms with E-state index in [0.717, 1.165) is 30.1 Å². The summed E-state index contributed by atoms with van der Waals surface area (Å²) in [6.45, 7) is 6.29. The van der Waals surface area contributed by atoms with E-state index in [1.807, 2.05) is 25.1 Å². The number of rotatable bonds is 5. The quantitative estimate of drug-likeness (QED) is 0.672. The highest BCUT2D eigenvalue weighted by Crippen LogP contribution is 2.32. The number of methoxy groups -OCH3 is 1. The monoisotopic (exact) mass is 384 g/mol. The second-order valence-electron chi connectivity index (χ2n) is 5.32. The van der Waals surface area contributed by atoms with Crippen molar-refractivity contribution in [2.24, 2.45) is 0 Å². The molecule has 2 aromatic rings. The van der Waals surface area contributed by atoms with Gasteiger partial charge in [-0.1, -0.05) is 30.1 Å². The predicted octanol–water partition coefficient (Wildman–Crippen LogP) is 5.69. The topological polar surface area (TPSA) is 55.8 Å². The van der Waals surface area contributed by atoms with Gasteiger partial charge in [0.05, 0.1) is 23.8 Å². The van der Waals surface area contributed by atoms with Crippen molar-refractivity contribution < 1.29 is 19.4 Å². The van der Waals surface area contributed by atoms with Crippen LogP contribution in [0.4, 0.5) is 0 Å². The molecule has 0 aliphatic heterocycles. The number of aromatic hydroxyl groups is 1. The van der Waals surface area contributed by atoms with Crippen LogP contribution in [0.5, 0.6) is 17.2 Å². The molecule has 0 saturated carbocycles. The highest BCUT2D eigenvalue weighted by atomic mass is 35.5. The number of benzene rings is 2. The zero-order chi connectivity index (χ0) is 19.0. The molecule has 0 heterocycles. The van der Waals surface area contributed by atoms with Crippen LogP contribution in [0.15, 0.2) is 30.3 Å². The predicted molar refractivity (Wildman–Crippen MR) is 102 cm³/mol. The minimum Gasteiger partial charge on any atom is -0.505 e. The molecule has 0 aliphatic rings. The second kappa shape index (κ2) is 10.2. The van der Waals surface area contributed by atoms with Crippen LogP contribution in [0.25, 0.3) is 0 Å². The molecular weight excluding hydrogens is 363 g/mol. The molecule has 0 saturated heterocycles. The number of halogens is 2. The average Bonchev–Trinajstić information content (AvgIpc) is 2.58. The van der Waals surface area contributed by atoms with Gasteiger partial charge in [-0.05, 0) is 56.2 Å². The van der Waals surface area contributed by atoms with Crippen LogP contribution in [0.2, 0.25) is 10.0 Å². The van der Waals surface area contributed by atoms with E-state index in [0.29, 0.717) is 5.56 Å². The van der Waals surface area contributed by atoms with E-state index in [-0.39, 0.29) is 21.6 Å². The third kappa shape index (κ3) is 6.48. The van der Waals surface area contributed by atoms with E-state index in [4.69, 9.17) is 37.8 Å². The van der Waals surface area contributed by atoms with E-state index < -0.39 is 0 Å². The number of carbonyl (C=O) groups excluding carboxylic acids is 1. The number of hydrogen-bond donors (Lipinski definition) is 1. The molecule has 2 rings (SSSR count). The lowest BCUT2D eigenvalue weighted by molar-refractivity contribution is 0.101. The summed E-state index contributed by atoms with van der Waals surface area (Å²) >= 11 is 11.2. The minimum atomic E-state index is -0.191. The molecule has 136 valence electrons. The molecule has 0 unspecified atom stereocenters. The van der Waals surface area contributed by atoms with Gasteiger partial charge in [-0.2, -0.15) is 0 Å². The van der Waals surface area contributed by atoms with Gasteiger partial charge in [-0.15, -0.1) is 0 Å². The van der Waals surface area contributed by atoms with Gasteiger partial charge in [0, 0.05) is 5.56 Å². The van der Waals surface area contributed by atoms with Crippen LogP contribution in [0.3, 0.4) is 0 Å². The molecule has 0 amide bonds. The lowest BCUT2D eigenvalue weighted by Crippen LogP contribution is -1.97. The molecule has 2 aromatic carbocycles. The fraction of sp³-hybridized carbons (Fsp3) is 0.316. The van der Waals surface area contributed by atoms with Crippen LogP contribution in [-0.4, -0.2) is 24.6 Å². The van der Waals surface area contributed by atoms with E-state index in [9.17, 15) is 4.79 Å². The third-order valence-corrected chi connectivity index (χ3v) is 3.84. The molecule has 1 N–H and O–H groups in total. The Morgan fingerprint density at radius 3 is 2.20 bits per heavy atom. The Morgan fingerprint density at radius 1 is 1.16 bits per heavy atom. The Labute approximate surface area is 158 Å². The van der Waals surface area contributed by atoms with Crippen LogP contribution in [0.1, 0.15) is 36.2 Å². The average molecular weight is 385 g/mol. The number of phenols is 1. The van der Waals surface area contributed by atoms with Crippen molar-refractivity contribution >= 4 is 29.0 Å². The SMILES string of the molecule is CC(=O)c1cc(Cl)c(O)c(Cl)c1.CCCOc1ccc(OC)cc1C. The molecule has 0 aromatic heterocycles. The highest BCUT2D eigenvalue weighted by molar-refractivity contribution is 6.37. The molecular formula is C19H22Cl2O4. The lowest BCUT2D eigenvalue weighted by atomic mass is 10.1. The summed E-state index contributed by atoms with van der Waals surface area (Å²) in [7, 11) is 1.67. The molecule has 4 nitrogen and oxygen atoms in total. The van der Waals surface area contributed by atoms with Crippen molar-refractivity contribution in [3.8, 4) is 17.2 Å². The molecule has 0 bridgehead atoms. The van der Waals surface area contributed by atoms with E-state index in [2.05, 4.69) is 6.92 Å². The van der Waals surface area contributed by atoms with Gasteiger partial charge in [0.2, 0.25) is 0 Å². The Hall–Kier alpha value is -1.91. The van der Waals surface area contributed by atoms with Gasteiger partial charge >= 0.3 is 0 Å². The summed E-state index contributed by atoms with van der Waals surface area (Å²) in [6, 6.07) is 8.60. The summed E-state index contributed by atoms with van der Waals surface area (Å²) in [5.74, 6) is 1.49. The summed E-state index contributed by atoms with van der Waals surface area (Å²) in [6.07, 6.45) is 1.03. The first-order chi connectivity index (χ1) is 11.8. The summed E-state index contributed by atoms with van der Waals surface area (Å²) in [5, 5.41) is 9.32. The van der Waals surface area contributed by atoms with E-state index in [1.165, 1.54) is 19.1 Å². The summed E-state index contributed by atoms with van der Waals surface area (Å²) < 4.78 is 10.6. The molecule has 0 aliphatic carbocycles. The summed E-state index contributed by atoms with van der Waals surface area (Å²) in [4.78, 5) is 10.9. The lowest BCUT2D eigenvalue weighted by Gasteiger charge is -2.08. The number of ketones is 1. The normalized spacial score (nSPS) is 9.84. The van der Waals surface area contributed by atoms with Gasteiger partial charge in [0.25, 0.3) is 0 Å². The zero-order valence-corrected chi connectivity index (χ0v) is 16.2. The molecule has 0 radical (unpaired) electrons. The van der Waals surface area contributed by atoms with Crippen molar-refractivity contribution in [1.82, 2.24) is 0 Å². The Balaban J connectivity index is 0.000000251. The van der Waals surface area contributed by atoms with Crippen molar-refractivity contribution in [1.29, 1.82) is 0 Å². The van der Waals surface area contributed by atoms with Gasteiger partial charge < -0.3 is 14.6 Å². The van der Waals surface area contributed by atoms with Crippen LogP contribution < -0.4 is 9.47 Å². The smallest absolute Gasteiger partial charge is 0.159 e. The van der Waals surface area contributed by atoms with Crippen molar-refractivity contribution in [2.45, 2.75) is 27.2 Å². The van der Waals surface area contributed by atoms with Crippen molar-refractivity contribution in [2.75, 3.05) is 13.7 Å².